The van der Waals surface area contributed by atoms with Crippen molar-refractivity contribution in [3.05, 3.63) is 45.7 Å². The summed E-state index contributed by atoms with van der Waals surface area (Å²) in [7, 11) is 0. The second-order valence-electron chi connectivity index (χ2n) is 4.34. The Hall–Kier alpha value is -1.06. The Morgan fingerprint density at radius 3 is 2.72 bits per heavy atom. The smallest absolute Gasteiger partial charge is 0.0833 e. The third kappa shape index (κ3) is 3.03. The third-order valence-electron chi connectivity index (χ3n) is 2.92. The molecular weight excluding hydrogens is 269 g/mol. The minimum atomic E-state index is 0.289. The van der Waals surface area contributed by atoms with Gasteiger partial charge in [0.2, 0.25) is 0 Å². The maximum Gasteiger partial charge on any atom is 0.0833 e. The summed E-state index contributed by atoms with van der Waals surface area (Å²) >= 11 is 12.1. The number of nitrogens with zero attached hydrogens (tertiary/aromatic N) is 3. The van der Waals surface area contributed by atoms with Gasteiger partial charge in [-0.05, 0) is 37.0 Å². The largest absolute Gasteiger partial charge is 0.253 e. The summed E-state index contributed by atoms with van der Waals surface area (Å²) < 4.78 is 1.82. The van der Waals surface area contributed by atoms with Gasteiger partial charge < -0.3 is 0 Å². The van der Waals surface area contributed by atoms with Crippen molar-refractivity contribution in [2.75, 3.05) is 0 Å². The minimum Gasteiger partial charge on any atom is -0.253 e. The van der Waals surface area contributed by atoms with E-state index in [1.54, 1.807) is 6.07 Å². The van der Waals surface area contributed by atoms with Gasteiger partial charge in [0.25, 0.3) is 0 Å². The minimum absolute atomic E-state index is 0.289. The van der Waals surface area contributed by atoms with E-state index in [0.29, 0.717) is 10.0 Å². The molecule has 18 heavy (non-hydrogen) atoms. The molecule has 0 spiro atoms. The van der Waals surface area contributed by atoms with Crippen molar-refractivity contribution in [2.45, 2.75) is 32.7 Å². The number of halogens is 2. The van der Waals surface area contributed by atoms with Crippen LogP contribution in [0.15, 0.2) is 24.4 Å². The van der Waals surface area contributed by atoms with Crippen molar-refractivity contribution in [1.29, 1.82) is 0 Å². The fourth-order valence-electron chi connectivity index (χ4n) is 1.91. The first kappa shape index (κ1) is 13.4. The highest BCUT2D eigenvalue weighted by Crippen LogP contribution is 2.29. The van der Waals surface area contributed by atoms with Crippen molar-refractivity contribution >= 4 is 23.2 Å². The van der Waals surface area contributed by atoms with Crippen LogP contribution in [0.4, 0.5) is 0 Å². The Morgan fingerprint density at radius 1 is 1.33 bits per heavy atom. The van der Waals surface area contributed by atoms with Crippen LogP contribution in [0, 0.1) is 0 Å². The topological polar surface area (TPSA) is 30.7 Å². The number of hydrogen-bond acceptors (Lipinski definition) is 2. The van der Waals surface area contributed by atoms with E-state index in [4.69, 9.17) is 23.2 Å². The summed E-state index contributed by atoms with van der Waals surface area (Å²) in [6.45, 7) is 5.00. The maximum absolute atomic E-state index is 6.20. The molecule has 0 fully saturated rings. The van der Waals surface area contributed by atoms with E-state index in [1.807, 2.05) is 29.9 Å². The van der Waals surface area contributed by atoms with Crippen LogP contribution < -0.4 is 0 Å². The standard InChI is InChI=1S/C13H15Cl2N3/c1-3-18-8-11(16-17-18)6-9(2)12-5-4-10(14)7-13(12)15/h4-5,7-9H,3,6H2,1-2H3. The van der Waals surface area contributed by atoms with Gasteiger partial charge in [0.15, 0.2) is 0 Å². The van der Waals surface area contributed by atoms with E-state index in [2.05, 4.69) is 17.2 Å². The first-order valence-corrected chi connectivity index (χ1v) is 6.69. The predicted molar refractivity (Wildman–Crippen MR) is 74.3 cm³/mol. The Kier molecular flexibility index (Phi) is 4.25. The highest BCUT2D eigenvalue weighted by atomic mass is 35.5. The van der Waals surface area contributed by atoms with Crippen LogP contribution in [0.5, 0.6) is 0 Å². The van der Waals surface area contributed by atoms with Crippen molar-refractivity contribution in [3.8, 4) is 0 Å². The van der Waals surface area contributed by atoms with Crippen LogP contribution in [-0.2, 0) is 13.0 Å². The van der Waals surface area contributed by atoms with Gasteiger partial charge in [0, 0.05) is 22.8 Å². The average molecular weight is 284 g/mol. The van der Waals surface area contributed by atoms with Gasteiger partial charge in [0.05, 0.1) is 5.69 Å². The molecule has 96 valence electrons. The Balaban J connectivity index is 2.13. The van der Waals surface area contributed by atoms with Gasteiger partial charge in [-0.25, -0.2) is 0 Å². The molecule has 1 aromatic heterocycles. The van der Waals surface area contributed by atoms with E-state index in [0.717, 1.165) is 24.2 Å². The molecule has 0 aliphatic heterocycles. The summed E-state index contributed by atoms with van der Waals surface area (Å²) in [5, 5.41) is 9.54. The molecule has 0 saturated heterocycles. The summed E-state index contributed by atoms with van der Waals surface area (Å²) in [6, 6.07) is 5.61. The number of aryl methyl sites for hydroxylation is 1. The zero-order chi connectivity index (χ0) is 13.1. The number of benzene rings is 1. The van der Waals surface area contributed by atoms with Crippen molar-refractivity contribution in [2.24, 2.45) is 0 Å². The van der Waals surface area contributed by atoms with Crippen LogP contribution in [0.1, 0.15) is 31.0 Å². The highest BCUT2D eigenvalue weighted by Gasteiger charge is 2.12. The molecule has 1 aromatic carbocycles. The lowest BCUT2D eigenvalue weighted by atomic mass is 9.96. The first-order valence-electron chi connectivity index (χ1n) is 5.94. The lowest BCUT2D eigenvalue weighted by Gasteiger charge is -2.12. The second kappa shape index (κ2) is 5.72. The normalized spacial score (nSPS) is 12.7. The number of rotatable bonds is 4. The second-order valence-corrected chi connectivity index (χ2v) is 5.18. The van der Waals surface area contributed by atoms with E-state index in [1.165, 1.54) is 0 Å². The summed E-state index contributed by atoms with van der Waals surface area (Å²) in [4.78, 5) is 0. The molecule has 0 N–H and O–H groups in total. The van der Waals surface area contributed by atoms with Crippen LogP contribution in [0.2, 0.25) is 10.0 Å². The molecule has 0 saturated carbocycles. The molecule has 1 atom stereocenters. The fourth-order valence-corrected chi connectivity index (χ4v) is 2.51. The summed E-state index contributed by atoms with van der Waals surface area (Å²) in [5.74, 6) is 0.289. The molecule has 3 nitrogen and oxygen atoms in total. The maximum atomic E-state index is 6.20. The average Bonchev–Trinajstić information content (AvgIpc) is 2.76. The monoisotopic (exact) mass is 283 g/mol. The highest BCUT2D eigenvalue weighted by molar-refractivity contribution is 6.35. The van der Waals surface area contributed by atoms with Crippen molar-refractivity contribution < 1.29 is 0 Å². The summed E-state index contributed by atoms with van der Waals surface area (Å²) in [6.07, 6.45) is 2.79. The quantitative estimate of drug-likeness (QED) is 0.851. The zero-order valence-corrected chi connectivity index (χ0v) is 11.9. The van der Waals surface area contributed by atoms with E-state index in [-0.39, 0.29) is 5.92 Å². The van der Waals surface area contributed by atoms with Gasteiger partial charge in [-0.15, -0.1) is 5.10 Å². The molecule has 1 heterocycles. The first-order chi connectivity index (χ1) is 8.60. The van der Waals surface area contributed by atoms with E-state index < -0.39 is 0 Å². The van der Waals surface area contributed by atoms with Crippen molar-refractivity contribution in [3.63, 3.8) is 0 Å². The van der Waals surface area contributed by atoms with Crippen LogP contribution in [-0.4, -0.2) is 15.0 Å². The Bertz CT molecular complexity index is 537. The van der Waals surface area contributed by atoms with Crippen LogP contribution in [0.3, 0.4) is 0 Å². The van der Waals surface area contributed by atoms with Crippen LogP contribution in [0.25, 0.3) is 0 Å². The predicted octanol–water partition coefficient (Wildman–Crippen LogP) is 3.95. The SMILES string of the molecule is CCn1cc(CC(C)c2ccc(Cl)cc2Cl)nn1. The van der Waals surface area contributed by atoms with Gasteiger partial charge in [-0.3, -0.25) is 4.68 Å². The lowest BCUT2D eigenvalue weighted by molar-refractivity contribution is 0.626. The van der Waals surface area contributed by atoms with Gasteiger partial charge in [0.1, 0.15) is 0 Å². The van der Waals surface area contributed by atoms with Gasteiger partial charge in [-0.1, -0.05) is 41.4 Å². The molecule has 1 unspecified atom stereocenters. The Labute approximate surface area is 117 Å². The molecule has 0 aliphatic carbocycles. The van der Waals surface area contributed by atoms with E-state index >= 15 is 0 Å². The molecule has 0 radical (unpaired) electrons. The molecule has 0 aliphatic rings. The molecule has 2 aromatic rings. The summed E-state index contributed by atoms with van der Waals surface area (Å²) in [5.41, 5.74) is 2.07. The van der Waals surface area contributed by atoms with E-state index in [9.17, 15) is 0 Å². The lowest BCUT2D eigenvalue weighted by Crippen LogP contribution is -2.00. The molecule has 5 heteroatoms. The molecule has 0 bridgehead atoms. The fraction of sp³-hybridized carbons (Fsp3) is 0.385. The van der Waals surface area contributed by atoms with Gasteiger partial charge >= 0.3 is 0 Å². The molecule has 0 amide bonds. The number of hydrogen-bond donors (Lipinski definition) is 0. The Morgan fingerprint density at radius 2 is 2.11 bits per heavy atom. The van der Waals surface area contributed by atoms with Crippen molar-refractivity contribution in [1.82, 2.24) is 15.0 Å². The molecular formula is C13H15Cl2N3. The molecule has 2 rings (SSSR count). The van der Waals surface area contributed by atoms with Gasteiger partial charge in [-0.2, -0.15) is 0 Å². The number of aromatic nitrogens is 3. The third-order valence-corrected chi connectivity index (χ3v) is 3.48. The van der Waals surface area contributed by atoms with Crippen LogP contribution >= 0.6 is 23.2 Å². The zero-order valence-electron chi connectivity index (χ0n) is 10.4.